The molecule has 1 heterocycles. The zero-order valence-corrected chi connectivity index (χ0v) is 12.9. The Morgan fingerprint density at radius 2 is 2.21 bits per heavy atom. The van der Waals surface area contributed by atoms with Gasteiger partial charge in [-0.25, -0.2) is 4.98 Å². The van der Waals surface area contributed by atoms with Gasteiger partial charge in [0.15, 0.2) is 0 Å². The molecular formula is C15H18BrN3. The smallest absolute Gasteiger partial charge is 0.207 e. The fourth-order valence-corrected chi connectivity index (χ4v) is 2.75. The third-order valence-electron chi connectivity index (χ3n) is 3.49. The highest BCUT2D eigenvalue weighted by Crippen LogP contribution is 2.38. The first-order valence-corrected chi connectivity index (χ1v) is 7.57. The molecule has 2 aromatic rings. The highest BCUT2D eigenvalue weighted by Gasteiger charge is 2.26. The second kappa shape index (κ2) is 5.00. The third kappa shape index (κ3) is 2.68. The van der Waals surface area contributed by atoms with E-state index in [4.69, 9.17) is 0 Å². The van der Waals surface area contributed by atoms with Crippen LogP contribution < -0.4 is 5.32 Å². The Kier molecular flexibility index (Phi) is 3.35. The Morgan fingerprint density at radius 3 is 2.89 bits per heavy atom. The van der Waals surface area contributed by atoms with E-state index >= 15 is 0 Å². The number of aromatic nitrogens is 2. The molecule has 0 saturated heterocycles. The van der Waals surface area contributed by atoms with Crippen molar-refractivity contribution in [2.75, 3.05) is 5.32 Å². The summed E-state index contributed by atoms with van der Waals surface area (Å²) in [5.41, 5.74) is 3.53. The van der Waals surface area contributed by atoms with E-state index in [0.29, 0.717) is 6.04 Å². The molecule has 1 N–H and O–H groups in total. The molecule has 0 atom stereocenters. The van der Waals surface area contributed by atoms with E-state index in [-0.39, 0.29) is 0 Å². The van der Waals surface area contributed by atoms with Crippen molar-refractivity contribution in [3.63, 3.8) is 0 Å². The number of benzene rings is 1. The first-order valence-electron chi connectivity index (χ1n) is 6.78. The quantitative estimate of drug-likeness (QED) is 0.892. The van der Waals surface area contributed by atoms with Crippen LogP contribution in [-0.4, -0.2) is 9.55 Å². The number of aryl methyl sites for hydroxylation is 2. The van der Waals surface area contributed by atoms with Crippen molar-refractivity contribution >= 4 is 27.6 Å². The van der Waals surface area contributed by atoms with Gasteiger partial charge in [0, 0.05) is 22.4 Å². The summed E-state index contributed by atoms with van der Waals surface area (Å²) in [4.78, 5) is 4.61. The van der Waals surface area contributed by atoms with Gasteiger partial charge in [0.05, 0.1) is 5.69 Å². The van der Waals surface area contributed by atoms with Crippen LogP contribution in [0, 0.1) is 6.92 Å². The Bertz CT molecular complexity index is 599. The molecule has 4 heteroatoms. The first kappa shape index (κ1) is 12.7. The predicted octanol–water partition coefficient (Wildman–Crippen LogP) is 4.59. The number of imidazole rings is 1. The summed E-state index contributed by atoms with van der Waals surface area (Å²) in [5.74, 6) is 0.969. The molecular weight excluding hydrogens is 302 g/mol. The van der Waals surface area contributed by atoms with E-state index in [1.807, 2.05) is 6.92 Å². The van der Waals surface area contributed by atoms with Crippen molar-refractivity contribution in [2.24, 2.45) is 0 Å². The maximum absolute atomic E-state index is 4.61. The molecule has 1 aromatic carbocycles. The van der Waals surface area contributed by atoms with Crippen LogP contribution in [0.3, 0.4) is 0 Å². The summed E-state index contributed by atoms with van der Waals surface area (Å²) in [6.07, 6.45) is 5.69. The van der Waals surface area contributed by atoms with Gasteiger partial charge in [-0.3, -0.25) is 0 Å². The molecule has 1 aromatic heterocycles. The van der Waals surface area contributed by atoms with Crippen molar-refractivity contribution in [2.45, 2.75) is 39.2 Å². The van der Waals surface area contributed by atoms with Crippen LogP contribution in [0.4, 0.5) is 11.6 Å². The molecule has 19 heavy (non-hydrogen) atoms. The van der Waals surface area contributed by atoms with E-state index in [2.05, 4.69) is 62.1 Å². The summed E-state index contributed by atoms with van der Waals surface area (Å²) in [5, 5.41) is 3.49. The van der Waals surface area contributed by atoms with Gasteiger partial charge < -0.3 is 9.88 Å². The molecule has 1 fully saturated rings. The second-order valence-electron chi connectivity index (χ2n) is 5.12. The number of hydrogen-bond acceptors (Lipinski definition) is 2. The second-order valence-corrected chi connectivity index (χ2v) is 6.04. The van der Waals surface area contributed by atoms with Crippen LogP contribution in [0.2, 0.25) is 0 Å². The summed E-state index contributed by atoms with van der Waals surface area (Å²) in [7, 11) is 0. The average Bonchev–Trinajstić information content (AvgIpc) is 3.16. The van der Waals surface area contributed by atoms with E-state index < -0.39 is 0 Å². The van der Waals surface area contributed by atoms with Crippen LogP contribution in [-0.2, 0) is 6.42 Å². The van der Waals surface area contributed by atoms with Gasteiger partial charge >= 0.3 is 0 Å². The number of hydrogen-bond donors (Lipinski definition) is 1. The zero-order chi connectivity index (χ0) is 13.4. The lowest BCUT2D eigenvalue weighted by atomic mass is 10.1. The van der Waals surface area contributed by atoms with E-state index in [1.54, 1.807) is 0 Å². The van der Waals surface area contributed by atoms with E-state index in [9.17, 15) is 0 Å². The topological polar surface area (TPSA) is 29.9 Å². The third-order valence-corrected chi connectivity index (χ3v) is 3.98. The largest absolute Gasteiger partial charge is 0.325 e. The standard InChI is InChI=1S/C15H18BrN3/c1-3-11-8-12(16)4-7-14(11)18-15-17-10(2)9-19(15)13-5-6-13/h4,7-9,13H,3,5-6H2,1-2H3,(H,17,18). The molecule has 0 aliphatic heterocycles. The summed E-state index contributed by atoms with van der Waals surface area (Å²) < 4.78 is 3.40. The van der Waals surface area contributed by atoms with Crippen molar-refractivity contribution in [1.82, 2.24) is 9.55 Å². The maximum atomic E-state index is 4.61. The Hall–Kier alpha value is -1.29. The Morgan fingerprint density at radius 1 is 1.42 bits per heavy atom. The fraction of sp³-hybridized carbons (Fsp3) is 0.400. The lowest BCUT2D eigenvalue weighted by molar-refractivity contribution is 0.750. The Balaban J connectivity index is 1.92. The highest BCUT2D eigenvalue weighted by molar-refractivity contribution is 9.10. The lowest BCUT2D eigenvalue weighted by Gasteiger charge is -2.12. The minimum absolute atomic E-state index is 0.643. The van der Waals surface area contributed by atoms with Gasteiger partial charge in [0.25, 0.3) is 0 Å². The van der Waals surface area contributed by atoms with Crippen molar-refractivity contribution in [3.8, 4) is 0 Å². The van der Waals surface area contributed by atoms with Gasteiger partial charge in [0.1, 0.15) is 0 Å². The zero-order valence-electron chi connectivity index (χ0n) is 11.3. The lowest BCUT2D eigenvalue weighted by Crippen LogP contribution is -2.03. The van der Waals surface area contributed by atoms with Gasteiger partial charge in [-0.15, -0.1) is 0 Å². The number of nitrogens with zero attached hydrogens (tertiary/aromatic N) is 2. The molecule has 3 rings (SSSR count). The van der Waals surface area contributed by atoms with Gasteiger partial charge in [-0.1, -0.05) is 22.9 Å². The van der Waals surface area contributed by atoms with Crippen LogP contribution >= 0.6 is 15.9 Å². The molecule has 1 aliphatic rings. The van der Waals surface area contributed by atoms with Gasteiger partial charge in [-0.05, 0) is 49.9 Å². The van der Waals surface area contributed by atoms with Crippen LogP contribution in [0.15, 0.2) is 28.9 Å². The SMILES string of the molecule is CCc1cc(Br)ccc1Nc1nc(C)cn1C1CC1. The van der Waals surface area contributed by atoms with Crippen LogP contribution in [0.1, 0.15) is 37.1 Å². The monoisotopic (exact) mass is 319 g/mol. The molecule has 100 valence electrons. The van der Waals surface area contributed by atoms with Gasteiger partial charge in [-0.2, -0.15) is 0 Å². The van der Waals surface area contributed by atoms with Crippen molar-refractivity contribution < 1.29 is 0 Å². The first-order chi connectivity index (χ1) is 9.17. The average molecular weight is 320 g/mol. The molecule has 0 bridgehead atoms. The maximum Gasteiger partial charge on any atom is 0.207 e. The number of halogens is 1. The molecule has 0 spiro atoms. The predicted molar refractivity (Wildman–Crippen MR) is 82.0 cm³/mol. The van der Waals surface area contributed by atoms with Crippen LogP contribution in [0.5, 0.6) is 0 Å². The number of nitrogens with one attached hydrogen (secondary N) is 1. The molecule has 3 nitrogen and oxygen atoms in total. The molecule has 0 radical (unpaired) electrons. The van der Waals surface area contributed by atoms with E-state index in [0.717, 1.165) is 28.2 Å². The fourth-order valence-electron chi connectivity index (χ4n) is 2.34. The summed E-state index contributed by atoms with van der Waals surface area (Å²) in [6.45, 7) is 4.22. The highest BCUT2D eigenvalue weighted by atomic mass is 79.9. The molecule has 1 saturated carbocycles. The van der Waals surface area contributed by atoms with Crippen LogP contribution in [0.25, 0.3) is 0 Å². The summed E-state index contributed by atoms with van der Waals surface area (Å²) >= 11 is 3.53. The molecule has 0 amide bonds. The summed E-state index contributed by atoms with van der Waals surface area (Å²) in [6, 6.07) is 6.99. The number of rotatable bonds is 4. The normalized spacial score (nSPS) is 14.7. The minimum Gasteiger partial charge on any atom is -0.325 e. The van der Waals surface area contributed by atoms with Gasteiger partial charge in [0.2, 0.25) is 5.95 Å². The molecule has 1 aliphatic carbocycles. The number of anilines is 2. The minimum atomic E-state index is 0.643. The van der Waals surface area contributed by atoms with Crippen molar-refractivity contribution in [1.29, 1.82) is 0 Å². The molecule has 0 unspecified atom stereocenters. The van der Waals surface area contributed by atoms with E-state index in [1.165, 1.54) is 18.4 Å². The Labute approximate surface area is 122 Å². The van der Waals surface area contributed by atoms with Crippen molar-refractivity contribution in [3.05, 3.63) is 40.1 Å².